The number of hydrogen-bond acceptors (Lipinski definition) is 4. The molecule has 0 radical (unpaired) electrons. The Bertz CT molecular complexity index is 700. The van der Waals surface area contributed by atoms with Crippen molar-refractivity contribution in [1.82, 2.24) is 4.90 Å². The van der Waals surface area contributed by atoms with Crippen LogP contribution in [0.3, 0.4) is 0 Å². The zero-order valence-corrected chi connectivity index (χ0v) is 14.2. The Morgan fingerprint density at radius 3 is 2.83 bits per heavy atom. The SMILES string of the molecule is C=C(C)COc1cccc(NC(=O)N2CC[C@@H](S(C)(=O)=O)C2)c1. The van der Waals surface area contributed by atoms with Gasteiger partial charge in [0.05, 0.1) is 5.25 Å². The van der Waals surface area contributed by atoms with Crippen LogP contribution in [0.4, 0.5) is 10.5 Å². The molecular formula is C16H22N2O4S. The smallest absolute Gasteiger partial charge is 0.321 e. The molecule has 2 amide bonds. The van der Waals surface area contributed by atoms with E-state index in [1.807, 2.05) is 6.92 Å². The van der Waals surface area contributed by atoms with Gasteiger partial charge >= 0.3 is 6.03 Å². The standard InChI is InChI=1S/C16H22N2O4S/c1-12(2)11-22-14-6-4-5-13(9-14)17-16(19)18-8-7-15(10-18)23(3,20)21/h4-6,9,15H,1,7-8,10-11H2,2-3H3,(H,17,19)/t15-/m1/s1. The van der Waals surface area contributed by atoms with Crippen LogP contribution in [0.15, 0.2) is 36.4 Å². The lowest BCUT2D eigenvalue weighted by Crippen LogP contribution is -2.34. The number of sulfone groups is 1. The van der Waals surface area contributed by atoms with Gasteiger partial charge in [-0.3, -0.25) is 0 Å². The minimum absolute atomic E-state index is 0.233. The molecule has 0 aromatic heterocycles. The average molecular weight is 338 g/mol. The van der Waals surface area contributed by atoms with Crippen LogP contribution in [-0.4, -0.2) is 50.6 Å². The molecule has 1 N–H and O–H groups in total. The van der Waals surface area contributed by atoms with Gasteiger partial charge in [-0.25, -0.2) is 13.2 Å². The molecule has 1 heterocycles. The summed E-state index contributed by atoms with van der Waals surface area (Å²) in [6.07, 6.45) is 1.69. The summed E-state index contributed by atoms with van der Waals surface area (Å²) >= 11 is 0. The van der Waals surface area contributed by atoms with Gasteiger partial charge in [0.25, 0.3) is 0 Å². The fourth-order valence-electron chi connectivity index (χ4n) is 2.33. The third kappa shape index (κ3) is 4.99. The predicted molar refractivity (Wildman–Crippen MR) is 90.6 cm³/mol. The van der Waals surface area contributed by atoms with Gasteiger partial charge in [0.1, 0.15) is 12.4 Å². The van der Waals surface area contributed by atoms with Gasteiger partial charge < -0.3 is 15.0 Å². The minimum Gasteiger partial charge on any atom is -0.489 e. The highest BCUT2D eigenvalue weighted by atomic mass is 32.2. The molecule has 0 unspecified atom stereocenters. The van der Waals surface area contributed by atoms with Crippen molar-refractivity contribution < 1.29 is 17.9 Å². The van der Waals surface area contributed by atoms with Gasteiger partial charge in [0.2, 0.25) is 0 Å². The van der Waals surface area contributed by atoms with Gasteiger partial charge in [0.15, 0.2) is 9.84 Å². The molecule has 0 bridgehead atoms. The molecule has 126 valence electrons. The molecule has 0 saturated carbocycles. The maximum Gasteiger partial charge on any atom is 0.321 e. The highest BCUT2D eigenvalue weighted by Crippen LogP contribution is 2.20. The van der Waals surface area contributed by atoms with Crippen LogP contribution < -0.4 is 10.1 Å². The van der Waals surface area contributed by atoms with Crippen LogP contribution in [0.2, 0.25) is 0 Å². The molecule has 1 aromatic carbocycles. The van der Waals surface area contributed by atoms with Gasteiger partial charge in [0, 0.05) is 31.1 Å². The number of likely N-dealkylation sites (tertiary alicyclic amines) is 1. The zero-order valence-electron chi connectivity index (χ0n) is 13.4. The summed E-state index contributed by atoms with van der Waals surface area (Å²) in [6, 6.07) is 6.77. The molecule has 7 heteroatoms. The topological polar surface area (TPSA) is 75.7 Å². The molecule has 0 spiro atoms. The van der Waals surface area contributed by atoms with Gasteiger partial charge in [-0.05, 0) is 31.1 Å². The summed E-state index contributed by atoms with van der Waals surface area (Å²) in [5.41, 5.74) is 1.51. The second-order valence-electron chi connectivity index (χ2n) is 5.89. The Kier molecular flexibility index (Phi) is 5.30. The maximum atomic E-state index is 12.2. The number of anilines is 1. The first-order valence-electron chi connectivity index (χ1n) is 7.38. The molecule has 1 aliphatic heterocycles. The molecule has 2 rings (SSSR count). The van der Waals surface area contributed by atoms with E-state index in [4.69, 9.17) is 4.74 Å². The molecule has 6 nitrogen and oxygen atoms in total. The first kappa shape index (κ1) is 17.3. The third-order valence-corrected chi connectivity index (χ3v) is 5.20. The van der Waals surface area contributed by atoms with E-state index < -0.39 is 15.1 Å². The number of nitrogens with zero attached hydrogens (tertiary/aromatic N) is 1. The molecule has 1 fully saturated rings. The van der Waals surface area contributed by atoms with Gasteiger partial charge in [-0.1, -0.05) is 12.6 Å². The second-order valence-corrected chi connectivity index (χ2v) is 8.22. The largest absolute Gasteiger partial charge is 0.489 e. The molecule has 1 aliphatic rings. The normalized spacial score (nSPS) is 17.8. The average Bonchev–Trinajstić information content (AvgIpc) is 2.95. The number of nitrogens with one attached hydrogen (secondary N) is 1. The van der Waals surface area contributed by atoms with Gasteiger partial charge in [-0.2, -0.15) is 0 Å². The molecule has 1 atom stereocenters. The number of hydrogen-bond donors (Lipinski definition) is 1. The zero-order chi connectivity index (χ0) is 17.0. The van der Waals surface area contributed by atoms with Crippen LogP contribution in [0.1, 0.15) is 13.3 Å². The van der Waals surface area contributed by atoms with E-state index in [0.717, 1.165) is 5.57 Å². The van der Waals surface area contributed by atoms with E-state index in [0.29, 0.717) is 31.0 Å². The fourth-order valence-corrected chi connectivity index (χ4v) is 3.32. The van der Waals surface area contributed by atoms with Crippen LogP contribution in [0.5, 0.6) is 5.75 Å². The lowest BCUT2D eigenvalue weighted by Gasteiger charge is -2.17. The van der Waals surface area contributed by atoms with E-state index in [-0.39, 0.29) is 12.6 Å². The van der Waals surface area contributed by atoms with Gasteiger partial charge in [-0.15, -0.1) is 0 Å². The van der Waals surface area contributed by atoms with Crippen molar-refractivity contribution in [3.8, 4) is 5.75 Å². The first-order chi connectivity index (χ1) is 10.8. The molecule has 23 heavy (non-hydrogen) atoms. The minimum atomic E-state index is -3.11. The van der Waals surface area contributed by atoms with E-state index >= 15 is 0 Å². The summed E-state index contributed by atoms with van der Waals surface area (Å²) in [4.78, 5) is 13.8. The van der Waals surface area contributed by atoms with Crippen molar-refractivity contribution in [1.29, 1.82) is 0 Å². The van der Waals surface area contributed by atoms with Crippen molar-refractivity contribution in [3.05, 3.63) is 36.4 Å². The number of carbonyl (C=O) groups excluding carboxylic acids is 1. The Balaban J connectivity index is 1.96. The molecule has 1 aromatic rings. The van der Waals surface area contributed by atoms with Crippen molar-refractivity contribution in [3.63, 3.8) is 0 Å². The van der Waals surface area contributed by atoms with Crippen molar-refractivity contribution in [2.75, 3.05) is 31.3 Å². The van der Waals surface area contributed by atoms with E-state index in [9.17, 15) is 13.2 Å². The quantitative estimate of drug-likeness (QED) is 0.836. The van der Waals surface area contributed by atoms with Crippen LogP contribution >= 0.6 is 0 Å². The van der Waals surface area contributed by atoms with Crippen molar-refractivity contribution in [2.24, 2.45) is 0 Å². The summed E-state index contributed by atoms with van der Waals surface area (Å²) < 4.78 is 28.6. The number of amides is 2. The summed E-state index contributed by atoms with van der Waals surface area (Å²) in [5, 5.41) is 2.30. The predicted octanol–water partition coefficient (Wildman–Crippen LogP) is 2.29. The van der Waals surface area contributed by atoms with Crippen LogP contribution in [-0.2, 0) is 9.84 Å². The lowest BCUT2D eigenvalue weighted by atomic mass is 10.3. The Labute approximate surface area is 137 Å². The van der Waals surface area contributed by atoms with Crippen molar-refractivity contribution >= 4 is 21.6 Å². The Hall–Kier alpha value is -2.02. The lowest BCUT2D eigenvalue weighted by molar-refractivity contribution is 0.222. The van der Waals surface area contributed by atoms with E-state index in [1.165, 1.54) is 11.2 Å². The number of benzene rings is 1. The highest BCUT2D eigenvalue weighted by Gasteiger charge is 2.32. The number of carbonyl (C=O) groups is 1. The van der Waals surface area contributed by atoms with Crippen molar-refractivity contribution in [2.45, 2.75) is 18.6 Å². The number of rotatable bonds is 5. The third-order valence-electron chi connectivity index (χ3n) is 3.61. The van der Waals surface area contributed by atoms with E-state index in [1.54, 1.807) is 24.3 Å². The highest BCUT2D eigenvalue weighted by molar-refractivity contribution is 7.91. The Morgan fingerprint density at radius 2 is 2.22 bits per heavy atom. The summed E-state index contributed by atoms with van der Waals surface area (Å²) in [5.74, 6) is 0.640. The summed E-state index contributed by atoms with van der Waals surface area (Å²) in [6.45, 7) is 6.73. The number of ether oxygens (including phenoxy) is 1. The summed E-state index contributed by atoms with van der Waals surface area (Å²) in [7, 11) is -3.11. The second kappa shape index (κ2) is 7.04. The number of urea groups is 1. The fraction of sp³-hybridized carbons (Fsp3) is 0.438. The monoisotopic (exact) mass is 338 g/mol. The maximum absolute atomic E-state index is 12.2. The first-order valence-corrected chi connectivity index (χ1v) is 9.33. The van der Waals surface area contributed by atoms with Crippen LogP contribution in [0, 0.1) is 0 Å². The van der Waals surface area contributed by atoms with Crippen LogP contribution in [0.25, 0.3) is 0 Å². The van der Waals surface area contributed by atoms with E-state index in [2.05, 4.69) is 11.9 Å². The molecule has 1 saturated heterocycles. The molecular weight excluding hydrogens is 316 g/mol. The molecule has 0 aliphatic carbocycles. The Morgan fingerprint density at radius 1 is 1.48 bits per heavy atom.